The summed E-state index contributed by atoms with van der Waals surface area (Å²) in [5.41, 5.74) is 1.60. The van der Waals surface area contributed by atoms with Crippen molar-refractivity contribution in [2.45, 2.75) is 31.3 Å². The van der Waals surface area contributed by atoms with Gasteiger partial charge in [0, 0.05) is 18.8 Å². The fourth-order valence-electron chi connectivity index (χ4n) is 2.74. The molecule has 0 bridgehead atoms. The van der Waals surface area contributed by atoms with Crippen LogP contribution in [0.2, 0.25) is 0 Å². The first-order valence-corrected chi connectivity index (χ1v) is 11.1. The molecule has 2 aromatic carbocycles. The summed E-state index contributed by atoms with van der Waals surface area (Å²) in [5, 5.41) is 2.78. The maximum absolute atomic E-state index is 12.8. The highest BCUT2D eigenvalue weighted by Crippen LogP contribution is 2.20. The molecule has 1 atom stereocenters. The fourth-order valence-corrected chi connectivity index (χ4v) is 4.13. The van der Waals surface area contributed by atoms with Crippen LogP contribution in [-0.4, -0.2) is 37.8 Å². The van der Waals surface area contributed by atoms with E-state index in [0.29, 0.717) is 17.9 Å². The topological polar surface area (TPSA) is 75.7 Å². The average Bonchev–Trinajstić information content (AvgIpc) is 2.73. The minimum absolute atomic E-state index is 0.132. The van der Waals surface area contributed by atoms with Crippen LogP contribution in [0.5, 0.6) is 5.75 Å². The molecule has 0 aromatic heterocycles. The van der Waals surface area contributed by atoms with Gasteiger partial charge in [-0.05, 0) is 49.7 Å². The second kappa shape index (κ2) is 10.8. The number of amides is 1. The standard InChI is InChI=1S/C23H28N2O4S/c1-5-16-25(17-6-2)30(27,28)21-14-10-19(11-15-21)24-23(26)22(7-3)29-20-12-8-18(4)9-13-20/h5-6,8-15,22H,1-2,7,16-17H2,3-4H3,(H,24,26). The van der Waals surface area contributed by atoms with Gasteiger partial charge < -0.3 is 10.1 Å². The summed E-state index contributed by atoms with van der Waals surface area (Å²) < 4.78 is 32.6. The van der Waals surface area contributed by atoms with Crippen molar-refractivity contribution in [1.82, 2.24) is 4.31 Å². The summed E-state index contributed by atoms with van der Waals surface area (Å²) in [4.78, 5) is 12.7. The summed E-state index contributed by atoms with van der Waals surface area (Å²) in [6.07, 6.45) is 2.87. The molecule has 0 aliphatic carbocycles. The Morgan fingerprint density at radius 2 is 1.63 bits per heavy atom. The van der Waals surface area contributed by atoms with Crippen LogP contribution in [0.4, 0.5) is 5.69 Å². The van der Waals surface area contributed by atoms with Crippen molar-refractivity contribution in [2.75, 3.05) is 18.4 Å². The number of carbonyl (C=O) groups excluding carboxylic acids is 1. The van der Waals surface area contributed by atoms with Crippen molar-refractivity contribution in [3.63, 3.8) is 0 Å². The smallest absolute Gasteiger partial charge is 0.265 e. The number of nitrogens with zero attached hydrogens (tertiary/aromatic N) is 1. The number of ether oxygens (including phenoxy) is 1. The molecule has 1 amide bonds. The third-order valence-electron chi connectivity index (χ3n) is 4.39. The first-order valence-electron chi connectivity index (χ1n) is 9.68. The predicted molar refractivity (Wildman–Crippen MR) is 120 cm³/mol. The molecule has 0 spiro atoms. The molecule has 2 rings (SSSR count). The molecule has 0 aliphatic heterocycles. The SMILES string of the molecule is C=CCN(CC=C)S(=O)(=O)c1ccc(NC(=O)C(CC)Oc2ccc(C)cc2)cc1. The van der Waals surface area contributed by atoms with E-state index in [9.17, 15) is 13.2 Å². The lowest BCUT2D eigenvalue weighted by molar-refractivity contribution is -0.122. The van der Waals surface area contributed by atoms with Gasteiger partial charge in [-0.3, -0.25) is 4.79 Å². The Morgan fingerprint density at radius 1 is 1.07 bits per heavy atom. The molecule has 160 valence electrons. The van der Waals surface area contributed by atoms with E-state index in [1.54, 1.807) is 12.1 Å². The van der Waals surface area contributed by atoms with Gasteiger partial charge in [-0.25, -0.2) is 8.42 Å². The average molecular weight is 429 g/mol. The summed E-state index contributed by atoms with van der Waals surface area (Å²) in [5.74, 6) is 0.321. The summed E-state index contributed by atoms with van der Waals surface area (Å²) in [7, 11) is -3.68. The van der Waals surface area contributed by atoms with Crippen molar-refractivity contribution >= 4 is 21.6 Å². The Hall–Kier alpha value is -2.90. The van der Waals surface area contributed by atoms with Gasteiger partial charge >= 0.3 is 0 Å². The second-order valence-electron chi connectivity index (χ2n) is 6.74. The van der Waals surface area contributed by atoms with Gasteiger partial charge in [-0.15, -0.1) is 13.2 Å². The van der Waals surface area contributed by atoms with Crippen LogP contribution in [0.25, 0.3) is 0 Å². The molecule has 1 N–H and O–H groups in total. The zero-order valence-electron chi connectivity index (χ0n) is 17.4. The number of nitrogens with one attached hydrogen (secondary N) is 1. The molecule has 0 fully saturated rings. The summed E-state index contributed by atoms with van der Waals surface area (Å²) in [6.45, 7) is 11.4. The van der Waals surface area contributed by atoms with Crippen molar-refractivity contribution in [1.29, 1.82) is 0 Å². The van der Waals surface area contributed by atoms with E-state index < -0.39 is 16.1 Å². The Balaban J connectivity index is 2.09. The lowest BCUT2D eigenvalue weighted by Crippen LogP contribution is -2.32. The Bertz CT molecular complexity index is 957. The molecule has 30 heavy (non-hydrogen) atoms. The first-order chi connectivity index (χ1) is 14.3. The second-order valence-corrected chi connectivity index (χ2v) is 8.68. The molecule has 0 heterocycles. The fraction of sp³-hybridized carbons (Fsp3) is 0.261. The van der Waals surface area contributed by atoms with Crippen LogP contribution in [-0.2, 0) is 14.8 Å². The lowest BCUT2D eigenvalue weighted by Gasteiger charge is -2.20. The predicted octanol–water partition coefficient (Wildman–Crippen LogP) is 4.15. The number of carbonyl (C=O) groups is 1. The van der Waals surface area contributed by atoms with Gasteiger partial charge in [0.25, 0.3) is 5.91 Å². The maximum Gasteiger partial charge on any atom is 0.265 e. The van der Waals surface area contributed by atoms with E-state index in [1.807, 2.05) is 38.1 Å². The minimum Gasteiger partial charge on any atom is -0.481 e. The van der Waals surface area contributed by atoms with Gasteiger partial charge in [-0.2, -0.15) is 4.31 Å². The lowest BCUT2D eigenvalue weighted by atomic mass is 10.2. The van der Waals surface area contributed by atoms with Crippen molar-refractivity contribution in [3.8, 4) is 5.75 Å². The molecule has 0 saturated carbocycles. The number of rotatable bonds is 11. The van der Waals surface area contributed by atoms with Gasteiger partial charge in [0.15, 0.2) is 6.10 Å². The first kappa shape index (κ1) is 23.4. The van der Waals surface area contributed by atoms with E-state index in [0.717, 1.165) is 5.56 Å². The van der Waals surface area contributed by atoms with Crippen LogP contribution in [0.1, 0.15) is 18.9 Å². The minimum atomic E-state index is -3.68. The number of hydrogen-bond acceptors (Lipinski definition) is 4. The van der Waals surface area contributed by atoms with Crippen LogP contribution >= 0.6 is 0 Å². The third-order valence-corrected chi connectivity index (χ3v) is 6.23. The van der Waals surface area contributed by atoms with Gasteiger partial charge in [0.1, 0.15) is 5.75 Å². The van der Waals surface area contributed by atoms with E-state index in [4.69, 9.17) is 4.74 Å². The Kier molecular flexibility index (Phi) is 8.38. The molecule has 0 saturated heterocycles. The third kappa shape index (κ3) is 6.05. The molecule has 1 unspecified atom stereocenters. The quantitative estimate of drug-likeness (QED) is 0.546. The molecular formula is C23H28N2O4S. The number of anilines is 1. The van der Waals surface area contributed by atoms with E-state index in [1.165, 1.54) is 28.6 Å². The van der Waals surface area contributed by atoms with Crippen molar-refractivity contribution in [3.05, 3.63) is 79.4 Å². The molecule has 7 heteroatoms. The van der Waals surface area contributed by atoms with E-state index in [-0.39, 0.29) is 23.9 Å². The largest absolute Gasteiger partial charge is 0.481 e. The van der Waals surface area contributed by atoms with E-state index in [2.05, 4.69) is 18.5 Å². The van der Waals surface area contributed by atoms with Gasteiger partial charge in [0.2, 0.25) is 10.0 Å². The van der Waals surface area contributed by atoms with Crippen LogP contribution in [0.3, 0.4) is 0 Å². The molecule has 2 aromatic rings. The number of sulfonamides is 1. The van der Waals surface area contributed by atoms with Crippen LogP contribution in [0, 0.1) is 6.92 Å². The molecular weight excluding hydrogens is 400 g/mol. The highest BCUT2D eigenvalue weighted by atomic mass is 32.2. The summed E-state index contributed by atoms with van der Waals surface area (Å²) in [6, 6.07) is 13.5. The summed E-state index contributed by atoms with van der Waals surface area (Å²) >= 11 is 0. The van der Waals surface area contributed by atoms with Crippen molar-refractivity contribution < 1.29 is 17.9 Å². The zero-order valence-corrected chi connectivity index (χ0v) is 18.2. The van der Waals surface area contributed by atoms with Crippen LogP contribution < -0.4 is 10.1 Å². The van der Waals surface area contributed by atoms with Crippen molar-refractivity contribution in [2.24, 2.45) is 0 Å². The molecule has 0 aliphatic rings. The number of hydrogen-bond donors (Lipinski definition) is 1. The highest BCUT2D eigenvalue weighted by molar-refractivity contribution is 7.89. The van der Waals surface area contributed by atoms with Gasteiger partial charge in [-0.1, -0.05) is 36.8 Å². The van der Waals surface area contributed by atoms with Gasteiger partial charge in [0.05, 0.1) is 4.90 Å². The zero-order chi connectivity index (χ0) is 22.1. The van der Waals surface area contributed by atoms with Crippen LogP contribution in [0.15, 0.2) is 78.7 Å². The monoisotopic (exact) mass is 428 g/mol. The van der Waals surface area contributed by atoms with E-state index >= 15 is 0 Å². The molecule has 6 nitrogen and oxygen atoms in total. The number of benzene rings is 2. The normalized spacial score (nSPS) is 12.2. The molecule has 0 radical (unpaired) electrons. The highest BCUT2D eigenvalue weighted by Gasteiger charge is 2.23. The number of aryl methyl sites for hydroxylation is 1. The maximum atomic E-state index is 12.8. The Labute approximate surface area is 178 Å². The Morgan fingerprint density at radius 3 is 2.13 bits per heavy atom.